The average molecular weight is 289 g/mol. The van der Waals surface area contributed by atoms with Crippen molar-refractivity contribution in [1.29, 1.82) is 0 Å². The first-order valence-electron chi connectivity index (χ1n) is 5.96. The number of aliphatic hydroxyl groups is 1. The molecule has 0 saturated carbocycles. The number of rotatable bonds is 4. The smallest absolute Gasteiger partial charge is 0.241 e. The van der Waals surface area contributed by atoms with E-state index in [2.05, 4.69) is 4.72 Å². The van der Waals surface area contributed by atoms with Crippen molar-refractivity contribution >= 4 is 10.0 Å². The fourth-order valence-electron chi connectivity index (χ4n) is 2.03. The van der Waals surface area contributed by atoms with Crippen LogP contribution in [0, 0.1) is 5.82 Å². The van der Waals surface area contributed by atoms with Gasteiger partial charge in [0, 0.05) is 13.2 Å². The highest BCUT2D eigenvalue weighted by molar-refractivity contribution is 7.89. The second kappa shape index (κ2) is 5.54. The second-order valence-corrected chi connectivity index (χ2v) is 6.30. The van der Waals surface area contributed by atoms with E-state index in [1.54, 1.807) is 0 Å². The first-order chi connectivity index (χ1) is 8.97. The van der Waals surface area contributed by atoms with Crippen molar-refractivity contribution in [3.63, 3.8) is 0 Å². The molecule has 0 aromatic heterocycles. The lowest BCUT2D eigenvalue weighted by molar-refractivity contribution is 0.0223. The third kappa shape index (κ3) is 3.30. The summed E-state index contributed by atoms with van der Waals surface area (Å²) >= 11 is 0. The molecule has 2 N–H and O–H groups in total. The van der Waals surface area contributed by atoms with Crippen molar-refractivity contribution in [1.82, 2.24) is 4.72 Å². The molecular weight excluding hydrogens is 273 g/mol. The zero-order valence-electron chi connectivity index (χ0n) is 10.3. The predicted molar refractivity (Wildman–Crippen MR) is 66.6 cm³/mol. The summed E-state index contributed by atoms with van der Waals surface area (Å²) in [4.78, 5) is -0.146. The molecule has 0 amide bonds. The van der Waals surface area contributed by atoms with Gasteiger partial charge in [-0.05, 0) is 31.0 Å². The quantitative estimate of drug-likeness (QED) is 0.853. The van der Waals surface area contributed by atoms with Crippen LogP contribution in [0.15, 0.2) is 29.2 Å². The number of halogens is 1. The Hall–Kier alpha value is -1.02. The van der Waals surface area contributed by atoms with Gasteiger partial charge in [0.15, 0.2) is 0 Å². The maximum Gasteiger partial charge on any atom is 0.241 e. The Balaban J connectivity index is 2.25. The summed E-state index contributed by atoms with van der Waals surface area (Å²) < 4.78 is 45.1. The van der Waals surface area contributed by atoms with Crippen molar-refractivity contribution in [2.45, 2.75) is 23.3 Å². The second-order valence-electron chi connectivity index (χ2n) is 4.61. The topological polar surface area (TPSA) is 75.6 Å². The molecule has 2 rings (SSSR count). The summed E-state index contributed by atoms with van der Waals surface area (Å²) in [6, 6.07) is 4.78. The van der Waals surface area contributed by atoms with Crippen molar-refractivity contribution in [3.05, 3.63) is 30.1 Å². The van der Waals surface area contributed by atoms with Crippen LogP contribution in [0.25, 0.3) is 0 Å². The molecule has 5 nitrogen and oxygen atoms in total. The van der Waals surface area contributed by atoms with Crippen LogP contribution in [0.5, 0.6) is 0 Å². The highest BCUT2D eigenvalue weighted by atomic mass is 32.2. The summed E-state index contributed by atoms with van der Waals surface area (Å²) in [6.45, 7) is 0.448. The number of nitrogens with one attached hydrogen (secondary N) is 1. The summed E-state index contributed by atoms with van der Waals surface area (Å²) in [6.07, 6.45) is 0.774. The molecule has 1 aliphatic heterocycles. The van der Waals surface area contributed by atoms with Crippen LogP contribution < -0.4 is 4.72 Å². The normalized spacial score (nSPS) is 19.3. The number of benzene rings is 1. The van der Waals surface area contributed by atoms with Gasteiger partial charge >= 0.3 is 0 Å². The van der Waals surface area contributed by atoms with Gasteiger partial charge in [-0.2, -0.15) is 0 Å². The number of sulfonamides is 1. The Morgan fingerprint density at radius 3 is 2.63 bits per heavy atom. The molecule has 1 heterocycles. The number of ether oxygens (including phenoxy) is 1. The molecule has 7 heteroatoms. The highest BCUT2D eigenvalue weighted by Crippen LogP contribution is 2.23. The van der Waals surface area contributed by atoms with Crippen LogP contribution >= 0.6 is 0 Å². The van der Waals surface area contributed by atoms with Crippen LogP contribution in [-0.2, 0) is 14.8 Å². The molecule has 0 aliphatic carbocycles. The van der Waals surface area contributed by atoms with Crippen molar-refractivity contribution in [3.8, 4) is 0 Å². The van der Waals surface area contributed by atoms with E-state index in [9.17, 15) is 17.9 Å². The Morgan fingerprint density at radius 2 is 2.05 bits per heavy atom. The van der Waals surface area contributed by atoms with Crippen molar-refractivity contribution < 1.29 is 22.7 Å². The Kier molecular flexibility index (Phi) is 4.19. The molecule has 1 aromatic rings. The van der Waals surface area contributed by atoms with E-state index in [1.807, 2.05) is 0 Å². The van der Waals surface area contributed by atoms with E-state index in [0.29, 0.717) is 26.1 Å². The Bertz CT molecular complexity index is 540. The van der Waals surface area contributed by atoms with E-state index >= 15 is 0 Å². The minimum Gasteiger partial charge on any atom is -0.394 e. The number of hydrogen-bond donors (Lipinski definition) is 2. The number of hydrogen-bond acceptors (Lipinski definition) is 4. The third-order valence-corrected chi connectivity index (χ3v) is 4.79. The van der Waals surface area contributed by atoms with E-state index in [1.165, 1.54) is 18.2 Å². The molecule has 0 radical (unpaired) electrons. The van der Waals surface area contributed by atoms with Crippen LogP contribution in [0.4, 0.5) is 4.39 Å². The SMILES string of the molecule is O=S(=O)(NC1(CO)CCOCC1)c1cccc(F)c1. The molecular formula is C12H16FNO4S. The molecule has 19 heavy (non-hydrogen) atoms. The third-order valence-electron chi connectivity index (χ3n) is 3.21. The molecule has 1 aromatic carbocycles. The minimum atomic E-state index is -3.86. The molecule has 0 unspecified atom stereocenters. The standard InChI is InChI=1S/C12H16FNO4S/c13-10-2-1-3-11(8-10)19(16,17)14-12(9-15)4-6-18-7-5-12/h1-3,8,14-15H,4-7,9H2. The molecule has 0 bridgehead atoms. The maximum absolute atomic E-state index is 13.1. The summed E-state index contributed by atoms with van der Waals surface area (Å²) in [5.74, 6) is -0.618. The summed E-state index contributed by atoms with van der Waals surface area (Å²) in [5.41, 5.74) is -0.927. The first-order valence-corrected chi connectivity index (χ1v) is 7.44. The van der Waals surface area contributed by atoms with Gasteiger partial charge in [0.1, 0.15) is 5.82 Å². The fourth-order valence-corrected chi connectivity index (χ4v) is 3.51. The Morgan fingerprint density at radius 1 is 1.37 bits per heavy atom. The van der Waals surface area contributed by atoms with Crippen molar-refractivity contribution in [2.24, 2.45) is 0 Å². The van der Waals surface area contributed by atoms with Gasteiger partial charge in [0.05, 0.1) is 17.0 Å². The van der Waals surface area contributed by atoms with E-state index < -0.39 is 21.4 Å². The van der Waals surface area contributed by atoms with Crippen LogP contribution in [0.3, 0.4) is 0 Å². The fraction of sp³-hybridized carbons (Fsp3) is 0.500. The van der Waals surface area contributed by atoms with Gasteiger partial charge < -0.3 is 9.84 Å². The minimum absolute atomic E-state index is 0.146. The average Bonchev–Trinajstić information content (AvgIpc) is 2.39. The van der Waals surface area contributed by atoms with Gasteiger partial charge in [-0.3, -0.25) is 0 Å². The zero-order chi connectivity index (χ0) is 13.9. The van der Waals surface area contributed by atoms with Gasteiger partial charge in [0.2, 0.25) is 10.0 Å². The van der Waals surface area contributed by atoms with Gasteiger partial charge in [-0.1, -0.05) is 6.07 Å². The summed E-state index contributed by atoms with van der Waals surface area (Å²) in [7, 11) is -3.86. The molecule has 1 fully saturated rings. The largest absolute Gasteiger partial charge is 0.394 e. The lowest BCUT2D eigenvalue weighted by Gasteiger charge is -2.35. The zero-order valence-corrected chi connectivity index (χ0v) is 11.1. The molecule has 106 valence electrons. The Labute approximate surface area is 111 Å². The molecule has 1 saturated heterocycles. The van der Waals surface area contributed by atoms with Crippen LogP contribution in [-0.4, -0.2) is 38.9 Å². The van der Waals surface area contributed by atoms with E-state index in [-0.39, 0.29) is 11.5 Å². The maximum atomic E-state index is 13.1. The molecule has 0 atom stereocenters. The van der Waals surface area contributed by atoms with E-state index in [4.69, 9.17) is 4.74 Å². The van der Waals surface area contributed by atoms with Crippen LogP contribution in [0.2, 0.25) is 0 Å². The number of aliphatic hydroxyl groups excluding tert-OH is 1. The first kappa shape index (κ1) is 14.4. The van der Waals surface area contributed by atoms with Gasteiger partial charge in [-0.25, -0.2) is 17.5 Å². The van der Waals surface area contributed by atoms with E-state index in [0.717, 1.165) is 6.07 Å². The molecule has 0 spiro atoms. The van der Waals surface area contributed by atoms with Gasteiger partial charge in [0.25, 0.3) is 0 Å². The lowest BCUT2D eigenvalue weighted by Crippen LogP contribution is -2.54. The van der Waals surface area contributed by atoms with Crippen molar-refractivity contribution in [2.75, 3.05) is 19.8 Å². The summed E-state index contributed by atoms with van der Waals surface area (Å²) in [5, 5.41) is 9.45. The molecule has 1 aliphatic rings. The van der Waals surface area contributed by atoms with Gasteiger partial charge in [-0.15, -0.1) is 0 Å². The monoisotopic (exact) mass is 289 g/mol. The van der Waals surface area contributed by atoms with Crippen LogP contribution in [0.1, 0.15) is 12.8 Å². The highest BCUT2D eigenvalue weighted by Gasteiger charge is 2.36. The predicted octanol–water partition coefficient (Wildman–Crippen LogP) is 0.645. The lowest BCUT2D eigenvalue weighted by atomic mass is 9.93.